The maximum Gasteiger partial charge on any atom is 0.224 e. The topological polar surface area (TPSA) is 136 Å². The van der Waals surface area contributed by atoms with Gasteiger partial charge in [-0.05, 0) is 77.1 Å². The molecule has 0 saturated carbocycles. The van der Waals surface area contributed by atoms with E-state index in [0.29, 0.717) is 50.0 Å². The lowest BCUT2D eigenvalue weighted by Crippen LogP contribution is -2.31. The van der Waals surface area contributed by atoms with Gasteiger partial charge < -0.3 is 30.9 Å². The van der Waals surface area contributed by atoms with E-state index in [9.17, 15) is 14.7 Å². The maximum atomic E-state index is 12.7. The van der Waals surface area contributed by atoms with E-state index >= 15 is 0 Å². The highest BCUT2D eigenvalue weighted by Crippen LogP contribution is 2.41. The first-order valence-corrected chi connectivity index (χ1v) is 20.3. The summed E-state index contributed by atoms with van der Waals surface area (Å²) in [6.07, 6.45) is 1.72. The quantitative estimate of drug-likeness (QED) is 0.0461. The fourth-order valence-corrected chi connectivity index (χ4v) is 8.62. The lowest BCUT2D eigenvalue weighted by atomic mass is 9.99. The molecule has 1 aliphatic rings. The molecule has 5 aromatic carbocycles. The Balaban J connectivity index is 0.963. The summed E-state index contributed by atoms with van der Waals surface area (Å²) in [6, 6.07) is 39.7. The molecule has 1 saturated heterocycles. The number of anilines is 2. The Labute approximate surface area is 329 Å². The van der Waals surface area contributed by atoms with Gasteiger partial charge in [-0.15, -0.1) is 11.3 Å². The minimum absolute atomic E-state index is 0.00662. The molecular formula is C44H44N4O5S2. The monoisotopic (exact) mass is 772 g/mol. The zero-order valence-electron chi connectivity index (χ0n) is 30.4. The van der Waals surface area contributed by atoms with E-state index in [1.165, 1.54) is 4.70 Å². The van der Waals surface area contributed by atoms with Crippen LogP contribution in [0, 0.1) is 0 Å². The van der Waals surface area contributed by atoms with Crippen molar-refractivity contribution >= 4 is 56.5 Å². The number of thiazole rings is 1. The molecule has 1 aliphatic heterocycles. The van der Waals surface area contributed by atoms with Gasteiger partial charge in [0.25, 0.3) is 0 Å². The highest BCUT2D eigenvalue weighted by Gasteiger charge is 2.32. The standard InChI is InChI=1S/C44H44N4O5S2/c45-36-13-1-2-14-37(36)47-42(51)18-6-5-17-41(50)46-26-30-9-7-10-32(23-30)33-11-8-12-34(24-33)43-52-35(25-39(53-43)31-21-19-29(27-49)20-22-31)28-54-44-48-38-15-3-4-16-40(38)55-44/h1-4,7-16,19-24,35,39,43,49H,5-6,17-18,25-28,45H2,(H,46,50)(H,47,51). The number of unbranched alkanes of at least 4 members (excludes halogenated alkanes) is 1. The summed E-state index contributed by atoms with van der Waals surface area (Å²) in [5.74, 6) is 0.564. The molecule has 5 N–H and O–H groups in total. The number of aliphatic hydroxyl groups excluding tert-OH is 1. The molecule has 0 bridgehead atoms. The molecule has 11 heteroatoms. The van der Waals surface area contributed by atoms with Gasteiger partial charge in [0.05, 0.1) is 40.4 Å². The average Bonchev–Trinajstić information content (AvgIpc) is 3.65. The minimum atomic E-state index is -0.581. The molecule has 0 spiro atoms. The number of aliphatic hydroxyl groups is 1. The van der Waals surface area contributed by atoms with Gasteiger partial charge in [0.2, 0.25) is 11.8 Å². The highest BCUT2D eigenvalue weighted by atomic mass is 32.2. The summed E-state index contributed by atoms with van der Waals surface area (Å²) >= 11 is 3.41. The van der Waals surface area contributed by atoms with Crippen LogP contribution in [0.4, 0.5) is 11.4 Å². The van der Waals surface area contributed by atoms with Crippen LogP contribution in [0.1, 0.15) is 66.8 Å². The van der Waals surface area contributed by atoms with E-state index in [2.05, 4.69) is 41.0 Å². The van der Waals surface area contributed by atoms with Gasteiger partial charge in [-0.3, -0.25) is 9.59 Å². The Bertz CT molecular complexity index is 2190. The van der Waals surface area contributed by atoms with Crippen LogP contribution in [0.15, 0.2) is 126 Å². The fraction of sp³-hybridized carbons (Fsp3) is 0.250. The summed E-state index contributed by atoms with van der Waals surface area (Å²) in [5.41, 5.74) is 13.9. The van der Waals surface area contributed by atoms with Gasteiger partial charge in [-0.2, -0.15) is 0 Å². The molecule has 3 unspecified atom stereocenters. The smallest absolute Gasteiger partial charge is 0.224 e. The van der Waals surface area contributed by atoms with Gasteiger partial charge >= 0.3 is 0 Å². The van der Waals surface area contributed by atoms with Gasteiger partial charge in [-0.1, -0.05) is 96.7 Å². The van der Waals surface area contributed by atoms with Gasteiger partial charge in [0.15, 0.2) is 10.6 Å². The Morgan fingerprint density at radius 1 is 0.800 bits per heavy atom. The number of nitrogens with two attached hydrogens (primary N) is 1. The number of benzene rings is 5. The normalized spacial score (nSPS) is 16.9. The van der Waals surface area contributed by atoms with Crippen molar-refractivity contribution in [3.8, 4) is 11.1 Å². The van der Waals surface area contributed by atoms with E-state index in [-0.39, 0.29) is 30.6 Å². The van der Waals surface area contributed by atoms with Gasteiger partial charge in [0, 0.05) is 37.1 Å². The zero-order valence-corrected chi connectivity index (χ0v) is 32.0. The Kier molecular flexibility index (Phi) is 12.9. The molecule has 0 aliphatic carbocycles. The van der Waals surface area contributed by atoms with Crippen LogP contribution in [0.25, 0.3) is 21.3 Å². The number of fused-ring (bicyclic) bond motifs is 1. The number of carbonyl (C=O) groups is 2. The van der Waals surface area contributed by atoms with Gasteiger partial charge in [0.1, 0.15) is 0 Å². The predicted molar refractivity (Wildman–Crippen MR) is 220 cm³/mol. The molecule has 1 fully saturated rings. The average molecular weight is 773 g/mol. The number of nitrogens with one attached hydrogen (secondary N) is 2. The third-order valence-electron chi connectivity index (χ3n) is 9.48. The van der Waals surface area contributed by atoms with Crippen LogP contribution < -0.4 is 16.4 Å². The molecule has 282 valence electrons. The molecule has 9 nitrogen and oxygen atoms in total. The van der Waals surface area contributed by atoms with Gasteiger partial charge in [-0.25, -0.2) is 4.98 Å². The molecule has 0 radical (unpaired) electrons. The van der Waals surface area contributed by atoms with Crippen LogP contribution in [0.3, 0.4) is 0 Å². The first-order valence-electron chi connectivity index (χ1n) is 18.5. The number of hydrogen-bond acceptors (Lipinski definition) is 9. The first kappa shape index (κ1) is 38.2. The van der Waals surface area contributed by atoms with Crippen molar-refractivity contribution in [1.29, 1.82) is 0 Å². The predicted octanol–water partition coefficient (Wildman–Crippen LogP) is 9.19. The first-order chi connectivity index (χ1) is 26.9. The second-order valence-electron chi connectivity index (χ2n) is 13.6. The van der Waals surface area contributed by atoms with Crippen molar-refractivity contribution in [3.63, 3.8) is 0 Å². The Morgan fingerprint density at radius 3 is 2.35 bits per heavy atom. The molecule has 2 heterocycles. The van der Waals surface area contributed by atoms with Crippen molar-refractivity contribution < 1.29 is 24.2 Å². The second kappa shape index (κ2) is 18.5. The van der Waals surface area contributed by atoms with Crippen LogP contribution >= 0.6 is 23.1 Å². The summed E-state index contributed by atoms with van der Waals surface area (Å²) < 4.78 is 15.5. The van der Waals surface area contributed by atoms with Crippen LogP contribution in [-0.4, -0.2) is 33.8 Å². The number of para-hydroxylation sites is 3. The fourth-order valence-electron chi connectivity index (χ4n) is 6.51. The third kappa shape index (κ3) is 10.4. The van der Waals surface area contributed by atoms with Crippen molar-refractivity contribution in [2.24, 2.45) is 0 Å². The number of ether oxygens (including phenoxy) is 2. The number of hydrogen-bond donors (Lipinski definition) is 4. The number of rotatable bonds is 15. The van der Waals surface area contributed by atoms with Crippen molar-refractivity contribution in [3.05, 3.63) is 144 Å². The molecule has 2 amide bonds. The molecule has 6 aromatic rings. The number of nitrogen functional groups attached to an aromatic ring is 1. The lowest BCUT2D eigenvalue weighted by molar-refractivity contribution is -0.245. The Hall–Kier alpha value is -5.04. The number of thioether (sulfide) groups is 1. The number of aromatic nitrogens is 1. The van der Waals surface area contributed by atoms with E-state index < -0.39 is 6.29 Å². The van der Waals surface area contributed by atoms with Crippen molar-refractivity contribution in [1.82, 2.24) is 10.3 Å². The number of amides is 2. The molecule has 3 atom stereocenters. The van der Waals surface area contributed by atoms with Crippen molar-refractivity contribution in [2.75, 3.05) is 16.8 Å². The SMILES string of the molecule is Nc1ccccc1NC(=O)CCCCC(=O)NCc1cccc(-c2cccc(C3OC(CSc4nc5ccccc5s4)CC(c4ccc(CO)cc4)O3)c2)c1. The zero-order chi connectivity index (χ0) is 38.0. The lowest BCUT2D eigenvalue weighted by Gasteiger charge is -2.36. The minimum Gasteiger partial charge on any atom is -0.397 e. The van der Waals surface area contributed by atoms with E-state index in [0.717, 1.165) is 49.0 Å². The van der Waals surface area contributed by atoms with Crippen LogP contribution in [0.5, 0.6) is 0 Å². The van der Waals surface area contributed by atoms with Crippen LogP contribution in [0.2, 0.25) is 0 Å². The van der Waals surface area contributed by atoms with E-state index in [4.69, 9.17) is 20.2 Å². The molecule has 55 heavy (non-hydrogen) atoms. The summed E-state index contributed by atoms with van der Waals surface area (Å²) in [6.45, 7) is 0.396. The Morgan fingerprint density at radius 2 is 1.55 bits per heavy atom. The third-order valence-corrected chi connectivity index (χ3v) is 11.8. The highest BCUT2D eigenvalue weighted by molar-refractivity contribution is 8.01. The molecule has 1 aromatic heterocycles. The van der Waals surface area contributed by atoms with Crippen molar-refractivity contribution in [2.45, 2.75) is 68.1 Å². The van der Waals surface area contributed by atoms with E-state index in [1.807, 2.05) is 78.9 Å². The molecule has 7 rings (SSSR count). The maximum absolute atomic E-state index is 12.7. The molecular weight excluding hydrogens is 729 g/mol. The van der Waals surface area contributed by atoms with Crippen LogP contribution in [-0.2, 0) is 32.2 Å². The number of carbonyl (C=O) groups excluding carboxylic acids is 2. The summed E-state index contributed by atoms with van der Waals surface area (Å²) in [7, 11) is 0. The summed E-state index contributed by atoms with van der Waals surface area (Å²) in [4.78, 5) is 29.8. The summed E-state index contributed by atoms with van der Waals surface area (Å²) in [5, 5.41) is 15.4. The number of nitrogens with zero attached hydrogens (tertiary/aromatic N) is 1. The largest absolute Gasteiger partial charge is 0.397 e. The second-order valence-corrected chi connectivity index (χ2v) is 15.9. The van der Waals surface area contributed by atoms with E-state index in [1.54, 1.807) is 35.2 Å².